The zero-order valence-corrected chi connectivity index (χ0v) is 6.68. The monoisotopic (exact) mass is 179 g/mol. The minimum atomic E-state index is 0.349. The molecular formula is C5H10BrNO. The Balaban J connectivity index is 3.21. The van der Waals surface area contributed by atoms with Gasteiger partial charge in [0.25, 0.3) is 0 Å². The molecule has 0 rings (SSSR count). The zero-order valence-electron chi connectivity index (χ0n) is 5.10. The average molecular weight is 180 g/mol. The first kappa shape index (κ1) is 7.95. The van der Waals surface area contributed by atoms with E-state index in [2.05, 4.69) is 32.8 Å². The molecule has 0 amide bonds. The first-order valence-electron chi connectivity index (χ1n) is 2.52. The number of rotatable bonds is 3. The highest BCUT2D eigenvalue weighted by Crippen LogP contribution is 1.99. The second-order valence-electron chi connectivity index (χ2n) is 1.36. The van der Waals surface area contributed by atoms with Gasteiger partial charge >= 0.3 is 0 Å². The third-order valence-electron chi connectivity index (χ3n) is 0.718. The molecule has 0 spiro atoms. The molecule has 0 aromatic rings. The van der Waals surface area contributed by atoms with Gasteiger partial charge in [-0.05, 0) is 6.42 Å². The van der Waals surface area contributed by atoms with Gasteiger partial charge in [0.15, 0.2) is 0 Å². The fourth-order valence-corrected chi connectivity index (χ4v) is 0.329. The number of oxime groups is 1. The van der Waals surface area contributed by atoms with Crippen molar-refractivity contribution in [3.63, 3.8) is 0 Å². The van der Waals surface area contributed by atoms with Gasteiger partial charge in [-0.3, -0.25) is 0 Å². The summed E-state index contributed by atoms with van der Waals surface area (Å²) < 4.78 is 0. The van der Waals surface area contributed by atoms with Gasteiger partial charge in [0, 0.05) is 0 Å². The summed E-state index contributed by atoms with van der Waals surface area (Å²) in [4.78, 5) is 4.80. The largest absolute Gasteiger partial charge is 0.399 e. The van der Waals surface area contributed by atoms with Crippen LogP contribution in [0.25, 0.3) is 0 Å². The molecule has 0 aliphatic rings. The number of halogens is 1. The predicted molar refractivity (Wildman–Crippen MR) is 38.5 cm³/mol. The first-order chi connectivity index (χ1) is 3.81. The van der Waals surface area contributed by atoms with Gasteiger partial charge in [0.05, 0.1) is 11.0 Å². The van der Waals surface area contributed by atoms with Crippen LogP contribution in [0.1, 0.15) is 13.3 Å². The smallest absolute Gasteiger partial charge is 0.106 e. The molecule has 0 heterocycles. The molecule has 0 aliphatic heterocycles. The van der Waals surface area contributed by atoms with E-state index < -0.39 is 0 Å². The second-order valence-corrected chi connectivity index (χ2v) is 2.54. The minimum Gasteiger partial charge on any atom is -0.399 e. The van der Waals surface area contributed by atoms with Gasteiger partial charge in [-0.15, -0.1) is 0 Å². The molecule has 0 aromatic carbocycles. The van der Waals surface area contributed by atoms with E-state index in [1.807, 2.05) is 0 Å². The molecule has 0 saturated heterocycles. The molecule has 8 heavy (non-hydrogen) atoms. The maximum Gasteiger partial charge on any atom is 0.106 e. The van der Waals surface area contributed by atoms with Crippen LogP contribution < -0.4 is 0 Å². The van der Waals surface area contributed by atoms with Crippen molar-refractivity contribution >= 4 is 22.1 Å². The van der Waals surface area contributed by atoms with Gasteiger partial charge in [-0.25, -0.2) is 0 Å². The van der Waals surface area contributed by atoms with Crippen LogP contribution in [-0.2, 0) is 4.84 Å². The van der Waals surface area contributed by atoms with E-state index in [0.29, 0.717) is 4.83 Å². The molecule has 0 radical (unpaired) electrons. The second kappa shape index (κ2) is 5.09. The Morgan fingerprint density at radius 2 is 2.50 bits per heavy atom. The van der Waals surface area contributed by atoms with Crippen LogP contribution in [-0.4, -0.2) is 18.2 Å². The van der Waals surface area contributed by atoms with Crippen molar-refractivity contribution in [2.24, 2.45) is 5.16 Å². The standard InChI is InChI=1S/C5H10BrNO/c1-3-5(6)4-7-8-2/h4-5H,3H2,1-2H3/b7-4+. The van der Waals surface area contributed by atoms with Crippen LogP contribution >= 0.6 is 15.9 Å². The fraction of sp³-hybridized carbons (Fsp3) is 0.800. The van der Waals surface area contributed by atoms with Gasteiger partial charge in [-0.2, -0.15) is 0 Å². The number of alkyl halides is 1. The Hall–Kier alpha value is -0.0500. The molecule has 1 unspecified atom stereocenters. The van der Waals surface area contributed by atoms with Gasteiger partial charge in [0.1, 0.15) is 7.11 Å². The maximum atomic E-state index is 4.45. The van der Waals surface area contributed by atoms with Crippen LogP contribution in [0.4, 0.5) is 0 Å². The number of hydrogen-bond donors (Lipinski definition) is 0. The Kier molecular flexibility index (Phi) is 5.06. The van der Waals surface area contributed by atoms with Gasteiger partial charge in [-0.1, -0.05) is 28.0 Å². The highest BCUT2D eigenvalue weighted by Gasteiger charge is 1.91. The van der Waals surface area contributed by atoms with Crippen LogP contribution in [0.2, 0.25) is 0 Å². The third kappa shape index (κ3) is 4.12. The summed E-state index contributed by atoms with van der Waals surface area (Å²) in [5.74, 6) is 0. The normalized spacial score (nSPS) is 14.4. The van der Waals surface area contributed by atoms with E-state index in [1.165, 1.54) is 7.11 Å². The van der Waals surface area contributed by atoms with Gasteiger partial charge in [0.2, 0.25) is 0 Å². The van der Waals surface area contributed by atoms with Crippen LogP contribution in [0.5, 0.6) is 0 Å². The SMILES string of the molecule is CCC(Br)/C=N/OC. The average Bonchev–Trinajstić information content (AvgIpc) is 1.83. The lowest BCUT2D eigenvalue weighted by Gasteiger charge is -1.93. The third-order valence-corrected chi connectivity index (χ3v) is 1.60. The topological polar surface area (TPSA) is 21.6 Å². The van der Waals surface area contributed by atoms with Crippen LogP contribution in [0, 0.1) is 0 Å². The quantitative estimate of drug-likeness (QED) is 0.368. The van der Waals surface area contributed by atoms with Crippen molar-refractivity contribution in [2.75, 3.05) is 7.11 Å². The van der Waals surface area contributed by atoms with Gasteiger partial charge < -0.3 is 4.84 Å². The van der Waals surface area contributed by atoms with E-state index in [1.54, 1.807) is 6.21 Å². The van der Waals surface area contributed by atoms with Crippen molar-refractivity contribution in [2.45, 2.75) is 18.2 Å². The summed E-state index contributed by atoms with van der Waals surface area (Å²) in [5, 5.41) is 3.57. The number of nitrogens with zero attached hydrogens (tertiary/aromatic N) is 1. The molecule has 48 valence electrons. The summed E-state index contributed by atoms with van der Waals surface area (Å²) in [6.07, 6.45) is 2.76. The van der Waals surface area contributed by atoms with Crippen molar-refractivity contribution < 1.29 is 4.84 Å². The summed E-state index contributed by atoms with van der Waals surface area (Å²) >= 11 is 3.35. The van der Waals surface area contributed by atoms with Crippen molar-refractivity contribution in [3.8, 4) is 0 Å². The lowest BCUT2D eigenvalue weighted by molar-refractivity contribution is 0.214. The molecule has 0 bridgehead atoms. The van der Waals surface area contributed by atoms with E-state index in [-0.39, 0.29) is 0 Å². The van der Waals surface area contributed by atoms with E-state index in [9.17, 15) is 0 Å². The summed E-state index contributed by atoms with van der Waals surface area (Å²) in [7, 11) is 1.53. The first-order valence-corrected chi connectivity index (χ1v) is 3.43. The summed E-state index contributed by atoms with van der Waals surface area (Å²) in [6, 6.07) is 0. The Labute approximate surface area is 58.0 Å². The van der Waals surface area contributed by atoms with Crippen molar-refractivity contribution in [1.82, 2.24) is 0 Å². The lowest BCUT2D eigenvalue weighted by atomic mass is 10.4. The molecule has 0 aliphatic carbocycles. The lowest BCUT2D eigenvalue weighted by Crippen LogP contribution is -1.95. The predicted octanol–water partition coefficient (Wildman–Crippen LogP) is 1.79. The van der Waals surface area contributed by atoms with Crippen molar-refractivity contribution in [1.29, 1.82) is 0 Å². The van der Waals surface area contributed by atoms with E-state index >= 15 is 0 Å². The number of hydrogen-bond acceptors (Lipinski definition) is 2. The van der Waals surface area contributed by atoms with Crippen molar-refractivity contribution in [3.05, 3.63) is 0 Å². The Bertz CT molecular complexity index is 74.8. The molecule has 1 atom stereocenters. The minimum absolute atomic E-state index is 0.349. The van der Waals surface area contributed by atoms with E-state index in [4.69, 9.17) is 0 Å². The highest BCUT2D eigenvalue weighted by atomic mass is 79.9. The fourth-order valence-electron chi connectivity index (χ4n) is 0.232. The molecule has 3 heteroatoms. The summed E-state index contributed by atoms with van der Waals surface area (Å²) in [6.45, 7) is 2.07. The molecule has 0 N–H and O–H groups in total. The Morgan fingerprint density at radius 1 is 1.88 bits per heavy atom. The molecular weight excluding hydrogens is 170 g/mol. The van der Waals surface area contributed by atoms with Crippen LogP contribution in [0.3, 0.4) is 0 Å². The zero-order chi connectivity index (χ0) is 6.41. The van der Waals surface area contributed by atoms with E-state index in [0.717, 1.165) is 6.42 Å². The maximum absolute atomic E-state index is 4.45. The molecule has 2 nitrogen and oxygen atoms in total. The Morgan fingerprint density at radius 3 is 2.88 bits per heavy atom. The molecule has 0 aromatic heterocycles. The van der Waals surface area contributed by atoms with Crippen LogP contribution in [0.15, 0.2) is 5.16 Å². The summed E-state index contributed by atoms with van der Waals surface area (Å²) in [5.41, 5.74) is 0. The molecule has 0 saturated carbocycles. The molecule has 0 fully saturated rings. The highest BCUT2D eigenvalue weighted by molar-refractivity contribution is 9.09.